The molecule has 1 atom stereocenters. The first-order valence-corrected chi connectivity index (χ1v) is 9.32. The molecule has 0 spiro atoms. The number of aromatic nitrogens is 1. The largest absolute Gasteiger partial charge is 0.442 e. The van der Waals surface area contributed by atoms with E-state index in [-0.39, 0.29) is 23.6 Å². The summed E-state index contributed by atoms with van der Waals surface area (Å²) < 4.78 is 57.4. The molecule has 2 amide bonds. The Morgan fingerprint density at radius 2 is 2.06 bits per heavy atom. The molecule has 0 bridgehead atoms. The summed E-state index contributed by atoms with van der Waals surface area (Å²) in [6, 6.07) is 5.22. The van der Waals surface area contributed by atoms with Gasteiger partial charge >= 0.3 is 12.3 Å². The Balaban J connectivity index is 1.68. The molecule has 1 aromatic carbocycles. The minimum atomic E-state index is -4.56. The summed E-state index contributed by atoms with van der Waals surface area (Å²) >= 11 is 4.90. The lowest BCUT2D eigenvalue weighted by Crippen LogP contribution is -2.32. The SMILES string of the molecule is CC(=S)NC[C@H]1CN(c2ccc(C(=O)Nc3ccc(C(F)(F)F)cn3)c(F)c2)C(=O)O1. The number of nitrogens with one attached hydrogen (secondary N) is 2. The van der Waals surface area contributed by atoms with Crippen molar-refractivity contribution in [2.75, 3.05) is 23.3 Å². The number of pyridine rings is 1. The molecule has 7 nitrogen and oxygen atoms in total. The van der Waals surface area contributed by atoms with Crippen LogP contribution >= 0.6 is 12.2 Å². The first-order valence-electron chi connectivity index (χ1n) is 8.91. The van der Waals surface area contributed by atoms with E-state index in [1.54, 1.807) is 6.92 Å². The lowest BCUT2D eigenvalue weighted by molar-refractivity contribution is -0.137. The van der Waals surface area contributed by atoms with Crippen LogP contribution in [0.2, 0.25) is 0 Å². The minimum absolute atomic E-state index is 0.162. The maximum absolute atomic E-state index is 14.5. The van der Waals surface area contributed by atoms with Gasteiger partial charge in [0.05, 0.1) is 34.9 Å². The zero-order valence-electron chi connectivity index (χ0n) is 16.0. The molecule has 2 heterocycles. The van der Waals surface area contributed by atoms with E-state index in [1.807, 2.05) is 0 Å². The van der Waals surface area contributed by atoms with Gasteiger partial charge in [-0.15, -0.1) is 0 Å². The van der Waals surface area contributed by atoms with Crippen LogP contribution in [0.15, 0.2) is 36.5 Å². The summed E-state index contributed by atoms with van der Waals surface area (Å²) in [5, 5.41) is 5.11. The highest BCUT2D eigenvalue weighted by Gasteiger charge is 2.33. The smallest absolute Gasteiger partial charge is 0.417 e. The number of hydrogen-bond acceptors (Lipinski definition) is 5. The third-order valence-corrected chi connectivity index (χ3v) is 4.44. The molecule has 0 unspecified atom stereocenters. The van der Waals surface area contributed by atoms with E-state index in [4.69, 9.17) is 17.0 Å². The van der Waals surface area contributed by atoms with Crippen molar-refractivity contribution in [2.45, 2.75) is 19.2 Å². The maximum Gasteiger partial charge on any atom is 0.417 e. The second kappa shape index (κ2) is 8.84. The number of cyclic esters (lactones) is 1. The fraction of sp³-hybridized carbons (Fsp3) is 0.263. The molecule has 2 aromatic rings. The van der Waals surface area contributed by atoms with Crippen LogP contribution in [0.3, 0.4) is 0 Å². The average molecular weight is 456 g/mol. The highest BCUT2D eigenvalue weighted by atomic mass is 32.1. The normalized spacial score (nSPS) is 16.1. The van der Waals surface area contributed by atoms with Crippen molar-refractivity contribution in [1.82, 2.24) is 10.3 Å². The number of alkyl halides is 3. The summed E-state index contributed by atoms with van der Waals surface area (Å²) in [7, 11) is 0. The molecular weight excluding hydrogens is 440 g/mol. The Kier molecular flexibility index (Phi) is 6.39. The second-order valence-corrected chi connectivity index (χ2v) is 7.21. The Labute approximate surface area is 179 Å². The number of benzene rings is 1. The zero-order chi connectivity index (χ0) is 22.8. The van der Waals surface area contributed by atoms with Crippen molar-refractivity contribution in [3.05, 3.63) is 53.5 Å². The van der Waals surface area contributed by atoms with Crippen molar-refractivity contribution in [1.29, 1.82) is 0 Å². The van der Waals surface area contributed by atoms with Gasteiger partial charge in [-0.2, -0.15) is 13.2 Å². The van der Waals surface area contributed by atoms with Crippen LogP contribution < -0.4 is 15.5 Å². The minimum Gasteiger partial charge on any atom is -0.442 e. The Morgan fingerprint density at radius 1 is 1.32 bits per heavy atom. The van der Waals surface area contributed by atoms with Gasteiger partial charge in [0.25, 0.3) is 5.91 Å². The van der Waals surface area contributed by atoms with Crippen molar-refractivity contribution in [2.24, 2.45) is 0 Å². The van der Waals surface area contributed by atoms with Crippen LogP contribution in [0.25, 0.3) is 0 Å². The van der Waals surface area contributed by atoms with Gasteiger partial charge in [0.15, 0.2) is 0 Å². The van der Waals surface area contributed by atoms with Gasteiger partial charge in [0, 0.05) is 6.20 Å². The van der Waals surface area contributed by atoms with E-state index < -0.39 is 35.7 Å². The molecule has 1 aromatic heterocycles. The van der Waals surface area contributed by atoms with Gasteiger partial charge in [-0.05, 0) is 37.3 Å². The monoisotopic (exact) mass is 456 g/mol. The highest BCUT2D eigenvalue weighted by Crippen LogP contribution is 2.29. The maximum atomic E-state index is 14.5. The molecule has 1 aliphatic heterocycles. The second-order valence-electron chi connectivity index (χ2n) is 6.60. The molecule has 1 saturated heterocycles. The molecule has 0 aliphatic carbocycles. The molecule has 12 heteroatoms. The lowest BCUT2D eigenvalue weighted by Gasteiger charge is -2.14. The standard InChI is InChI=1S/C19H16F4N4O3S/c1-10(31)24-8-13-9-27(18(29)30-13)12-3-4-14(15(20)6-12)17(28)26-16-5-2-11(7-25-16)19(21,22)23/h2-7,13H,8-9H2,1H3,(H,24,31)(H,25,26,28)/t13-/m0/s1. The van der Waals surface area contributed by atoms with Crippen LogP contribution in [-0.2, 0) is 10.9 Å². The van der Waals surface area contributed by atoms with Gasteiger partial charge in [-0.25, -0.2) is 14.2 Å². The fourth-order valence-electron chi connectivity index (χ4n) is 2.77. The van der Waals surface area contributed by atoms with E-state index in [1.165, 1.54) is 11.0 Å². The predicted octanol–water partition coefficient (Wildman–Crippen LogP) is 3.75. The lowest BCUT2D eigenvalue weighted by atomic mass is 10.1. The van der Waals surface area contributed by atoms with Crippen LogP contribution in [0.4, 0.5) is 33.9 Å². The molecule has 3 rings (SSSR count). The number of carbonyl (C=O) groups excluding carboxylic acids is 2. The Morgan fingerprint density at radius 3 is 2.65 bits per heavy atom. The molecule has 0 saturated carbocycles. The zero-order valence-corrected chi connectivity index (χ0v) is 16.8. The summed E-state index contributed by atoms with van der Waals surface area (Å²) in [5.41, 5.74) is -1.16. The number of rotatable bonds is 5. The summed E-state index contributed by atoms with van der Waals surface area (Å²) in [4.78, 5) is 29.6. The van der Waals surface area contributed by atoms with Gasteiger partial charge < -0.3 is 15.4 Å². The number of halogens is 4. The quantitative estimate of drug-likeness (QED) is 0.527. The topological polar surface area (TPSA) is 83.6 Å². The number of anilines is 2. The van der Waals surface area contributed by atoms with Crippen molar-refractivity contribution in [3.8, 4) is 0 Å². The number of hydrogen-bond donors (Lipinski definition) is 2. The van der Waals surface area contributed by atoms with Crippen molar-refractivity contribution in [3.63, 3.8) is 0 Å². The number of thiocarbonyl (C=S) groups is 1. The van der Waals surface area contributed by atoms with E-state index in [0.717, 1.165) is 24.3 Å². The molecule has 31 heavy (non-hydrogen) atoms. The Hall–Kier alpha value is -3.28. The van der Waals surface area contributed by atoms with E-state index >= 15 is 0 Å². The van der Waals surface area contributed by atoms with Crippen molar-refractivity contribution >= 4 is 40.7 Å². The van der Waals surface area contributed by atoms with E-state index in [0.29, 0.717) is 17.7 Å². The van der Waals surface area contributed by atoms with Gasteiger partial charge in [-0.1, -0.05) is 12.2 Å². The van der Waals surface area contributed by atoms with Gasteiger partial charge in [-0.3, -0.25) is 9.69 Å². The van der Waals surface area contributed by atoms with Crippen LogP contribution in [0.5, 0.6) is 0 Å². The first-order chi connectivity index (χ1) is 14.5. The first kappa shape index (κ1) is 22.4. The number of amides is 2. The highest BCUT2D eigenvalue weighted by molar-refractivity contribution is 7.80. The number of nitrogens with zero attached hydrogens (tertiary/aromatic N) is 2. The van der Waals surface area contributed by atoms with E-state index in [9.17, 15) is 27.2 Å². The fourth-order valence-corrected chi connectivity index (χ4v) is 2.85. The third kappa shape index (κ3) is 5.45. The van der Waals surface area contributed by atoms with Crippen LogP contribution in [0.1, 0.15) is 22.8 Å². The van der Waals surface area contributed by atoms with E-state index in [2.05, 4.69) is 15.6 Å². The predicted molar refractivity (Wildman–Crippen MR) is 107 cm³/mol. The molecule has 1 fully saturated rings. The molecule has 0 radical (unpaired) electrons. The Bertz CT molecular complexity index is 1010. The molecule has 164 valence electrons. The van der Waals surface area contributed by atoms with Crippen LogP contribution in [-0.4, -0.2) is 41.2 Å². The van der Waals surface area contributed by atoms with Gasteiger partial charge in [0.2, 0.25) is 0 Å². The van der Waals surface area contributed by atoms with Gasteiger partial charge in [0.1, 0.15) is 17.7 Å². The summed E-state index contributed by atoms with van der Waals surface area (Å²) in [6.45, 7) is 2.15. The summed E-state index contributed by atoms with van der Waals surface area (Å²) in [6.07, 6.45) is -5.16. The molecular formula is C19H16F4N4O3S. The number of ether oxygens (including phenoxy) is 1. The molecule has 2 N–H and O–H groups in total. The molecule has 1 aliphatic rings. The van der Waals surface area contributed by atoms with Crippen LogP contribution in [0, 0.1) is 5.82 Å². The summed E-state index contributed by atoms with van der Waals surface area (Å²) in [5.74, 6) is -2.00. The third-order valence-electron chi connectivity index (χ3n) is 4.29. The average Bonchev–Trinajstić information content (AvgIpc) is 3.06. The number of carbonyl (C=O) groups is 2. The van der Waals surface area contributed by atoms with Crippen molar-refractivity contribution < 1.29 is 31.9 Å².